The molecule has 0 fully saturated rings. The molecule has 1 atom stereocenters. The number of imidazole rings is 1. The lowest BCUT2D eigenvalue weighted by molar-refractivity contribution is -0.121. The van der Waals surface area contributed by atoms with Crippen LogP contribution in [0.25, 0.3) is 11.0 Å². The average Bonchev–Trinajstić information content (AvgIpc) is 3.32. The van der Waals surface area contributed by atoms with Gasteiger partial charge < -0.3 is 29.2 Å². The number of amides is 1. The first-order valence-electron chi connectivity index (χ1n) is 13.8. The smallest absolute Gasteiger partial charge is 0.240 e. The van der Waals surface area contributed by atoms with Gasteiger partial charge >= 0.3 is 0 Å². The van der Waals surface area contributed by atoms with Crippen molar-refractivity contribution in [3.63, 3.8) is 0 Å². The Kier molecular flexibility index (Phi) is 10.3. The van der Waals surface area contributed by atoms with E-state index in [9.17, 15) is 9.90 Å². The summed E-state index contributed by atoms with van der Waals surface area (Å²) in [6.07, 6.45) is 2.44. The highest BCUT2D eigenvalue weighted by Crippen LogP contribution is 2.20. The fourth-order valence-electron chi connectivity index (χ4n) is 4.39. The van der Waals surface area contributed by atoms with Gasteiger partial charge in [0.25, 0.3) is 0 Å². The van der Waals surface area contributed by atoms with Crippen LogP contribution in [0.1, 0.15) is 51.7 Å². The van der Waals surface area contributed by atoms with Gasteiger partial charge in [0.1, 0.15) is 18.5 Å². The number of aliphatic hydroxyl groups is 1. The summed E-state index contributed by atoms with van der Waals surface area (Å²) in [5, 5.41) is 18.2. The minimum atomic E-state index is -0.665. The summed E-state index contributed by atoms with van der Waals surface area (Å²) in [5.41, 5.74) is 7.02. The molecule has 40 heavy (non-hydrogen) atoms. The highest BCUT2D eigenvalue weighted by atomic mass is 16.5. The van der Waals surface area contributed by atoms with Crippen LogP contribution in [0.5, 0.6) is 5.75 Å². The molecule has 3 N–H and O–H groups in total. The predicted molar refractivity (Wildman–Crippen MR) is 154 cm³/mol. The average molecular weight is 552 g/mol. The van der Waals surface area contributed by atoms with Gasteiger partial charge in [-0.05, 0) is 57.5 Å². The zero-order valence-corrected chi connectivity index (χ0v) is 23.9. The molecule has 1 aliphatic rings. The van der Waals surface area contributed by atoms with Crippen LogP contribution in [0.2, 0.25) is 0 Å². The van der Waals surface area contributed by atoms with Crippen molar-refractivity contribution in [1.29, 1.82) is 0 Å². The Labute approximate surface area is 235 Å². The number of aliphatic hydroxyl groups excluding tert-OH is 1. The molecule has 3 aromatic rings. The maximum Gasteiger partial charge on any atom is 0.240 e. The van der Waals surface area contributed by atoms with Gasteiger partial charge in [0.15, 0.2) is 0 Å². The van der Waals surface area contributed by atoms with Crippen molar-refractivity contribution >= 4 is 22.7 Å². The van der Waals surface area contributed by atoms with E-state index in [0.29, 0.717) is 51.5 Å². The number of benzene rings is 2. The van der Waals surface area contributed by atoms with Gasteiger partial charge in [0, 0.05) is 37.0 Å². The molecular formula is C30H41N5O5. The summed E-state index contributed by atoms with van der Waals surface area (Å²) in [7, 11) is 0. The van der Waals surface area contributed by atoms with Gasteiger partial charge in [0.2, 0.25) is 5.91 Å². The number of nitrogens with zero attached hydrogens (tertiary/aromatic N) is 3. The summed E-state index contributed by atoms with van der Waals surface area (Å²) in [6.45, 7) is 11.1. The molecule has 1 amide bonds. The van der Waals surface area contributed by atoms with Crippen molar-refractivity contribution in [3.05, 3.63) is 59.9 Å². The third-order valence-corrected chi connectivity index (χ3v) is 6.55. The van der Waals surface area contributed by atoms with Crippen LogP contribution in [-0.4, -0.2) is 70.4 Å². The molecule has 1 aromatic heterocycles. The van der Waals surface area contributed by atoms with Gasteiger partial charge in [-0.3, -0.25) is 4.79 Å². The fourth-order valence-corrected chi connectivity index (χ4v) is 4.39. The number of aromatic nitrogens is 2. The number of fused-ring (bicyclic) bond motifs is 1. The van der Waals surface area contributed by atoms with Gasteiger partial charge in [-0.15, -0.1) is 0 Å². The number of hydrogen-bond acceptors (Lipinski definition) is 8. The number of carbonyl (C=O) groups is 1. The molecule has 4 rings (SSSR count). The number of rotatable bonds is 15. The number of β-amino-alcohol motifs (C(OH)–C–C–N with tert-alkyl or cyclic N) is 1. The Morgan fingerprint density at radius 1 is 1.12 bits per heavy atom. The maximum absolute atomic E-state index is 11.4. The summed E-state index contributed by atoms with van der Waals surface area (Å²) in [5.74, 6) is 0.649. The van der Waals surface area contributed by atoms with Gasteiger partial charge in [-0.25, -0.2) is 10.4 Å². The Bertz CT molecular complexity index is 1290. The van der Waals surface area contributed by atoms with Crippen LogP contribution in [-0.2, 0) is 27.4 Å². The summed E-state index contributed by atoms with van der Waals surface area (Å²) >= 11 is 0. The third-order valence-electron chi connectivity index (χ3n) is 6.55. The molecule has 0 radical (unpaired) electrons. The molecule has 0 aliphatic carbocycles. The van der Waals surface area contributed by atoms with Crippen LogP contribution in [0.15, 0.2) is 53.9 Å². The van der Waals surface area contributed by atoms with E-state index >= 15 is 0 Å². The van der Waals surface area contributed by atoms with Crippen molar-refractivity contribution < 1.29 is 24.1 Å². The van der Waals surface area contributed by atoms with E-state index in [1.807, 2.05) is 62.6 Å². The van der Waals surface area contributed by atoms with Crippen LogP contribution in [0.4, 0.5) is 0 Å². The lowest BCUT2D eigenvalue weighted by atomic mass is 10.0. The lowest BCUT2D eigenvalue weighted by Gasteiger charge is -2.28. The van der Waals surface area contributed by atoms with E-state index in [2.05, 4.69) is 39.2 Å². The molecule has 0 saturated heterocycles. The minimum absolute atomic E-state index is 0.0557. The monoisotopic (exact) mass is 551 g/mol. The Morgan fingerprint density at radius 3 is 2.65 bits per heavy atom. The minimum Gasteiger partial charge on any atom is -0.491 e. The first-order valence-corrected chi connectivity index (χ1v) is 13.8. The molecule has 0 saturated carbocycles. The van der Waals surface area contributed by atoms with E-state index in [0.717, 1.165) is 27.9 Å². The van der Waals surface area contributed by atoms with Gasteiger partial charge in [-0.2, -0.15) is 5.10 Å². The zero-order chi connectivity index (χ0) is 28.5. The number of carbonyl (C=O) groups excluding carboxylic acids is 1. The molecule has 2 heterocycles. The van der Waals surface area contributed by atoms with Crippen LogP contribution in [0, 0.1) is 0 Å². The molecule has 10 heteroatoms. The number of hydrazone groups is 1. The second kappa shape index (κ2) is 13.8. The summed E-state index contributed by atoms with van der Waals surface area (Å²) < 4.78 is 19.0. The van der Waals surface area contributed by atoms with E-state index in [1.54, 1.807) is 0 Å². The second-order valence-corrected chi connectivity index (χ2v) is 11.0. The van der Waals surface area contributed by atoms with E-state index in [-0.39, 0.29) is 24.2 Å². The molecular weight excluding hydrogens is 510 g/mol. The first kappa shape index (κ1) is 29.7. The van der Waals surface area contributed by atoms with Crippen LogP contribution in [0.3, 0.4) is 0 Å². The van der Waals surface area contributed by atoms with E-state index < -0.39 is 6.10 Å². The highest BCUT2D eigenvalue weighted by molar-refractivity contribution is 6.05. The molecule has 1 unspecified atom stereocenters. The molecule has 216 valence electrons. The van der Waals surface area contributed by atoms with Gasteiger partial charge in [0.05, 0.1) is 49.0 Å². The third kappa shape index (κ3) is 8.85. The van der Waals surface area contributed by atoms with Crippen molar-refractivity contribution in [2.24, 2.45) is 5.10 Å². The fraction of sp³-hybridized carbons (Fsp3) is 0.500. The Balaban J connectivity index is 1.21. The quantitative estimate of drug-likeness (QED) is 0.248. The standard InChI is InChI=1S/C30H41N5O5/c1-21(2)39-14-13-38-17-22-5-8-25(9-6-22)40-18-24(36)16-32-30(3,4)19-35-20-31-27-15-23(7-11-28(27)35)26-10-12-29(37)34-33-26/h5-9,11,15,20-21,24,32,36H,10,12-14,16-19H2,1-4H3,(H,34,37). The van der Waals surface area contributed by atoms with Gasteiger partial charge in [-0.1, -0.05) is 18.2 Å². The number of hydrogen-bond donors (Lipinski definition) is 3. The predicted octanol–water partition coefficient (Wildman–Crippen LogP) is 3.40. The van der Waals surface area contributed by atoms with E-state index in [1.165, 1.54) is 0 Å². The van der Waals surface area contributed by atoms with E-state index in [4.69, 9.17) is 14.2 Å². The van der Waals surface area contributed by atoms with Crippen molar-refractivity contribution in [2.75, 3.05) is 26.4 Å². The van der Waals surface area contributed by atoms with Crippen molar-refractivity contribution in [3.8, 4) is 5.75 Å². The summed E-state index contributed by atoms with van der Waals surface area (Å²) in [6, 6.07) is 13.8. The van der Waals surface area contributed by atoms with Crippen molar-refractivity contribution in [1.82, 2.24) is 20.3 Å². The van der Waals surface area contributed by atoms with Crippen LogP contribution >= 0.6 is 0 Å². The number of nitrogens with one attached hydrogen (secondary N) is 2. The second-order valence-electron chi connectivity index (χ2n) is 11.0. The van der Waals surface area contributed by atoms with Crippen molar-refractivity contribution in [2.45, 2.75) is 71.4 Å². The normalized spacial score (nSPS) is 14.8. The zero-order valence-electron chi connectivity index (χ0n) is 23.9. The molecule has 0 bridgehead atoms. The topological polar surface area (TPSA) is 119 Å². The Morgan fingerprint density at radius 2 is 1.93 bits per heavy atom. The molecule has 10 nitrogen and oxygen atoms in total. The summed E-state index contributed by atoms with van der Waals surface area (Å²) in [4.78, 5) is 16.0. The lowest BCUT2D eigenvalue weighted by Crippen LogP contribution is -2.47. The highest BCUT2D eigenvalue weighted by Gasteiger charge is 2.21. The first-order chi connectivity index (χ1) is 19.2. The molecule has 2 aromatic carbocycles. The SMILES string of the molecule is CC(C)OCCOCc1ccc(OCC(O)CNC(C)(C)Cn2cnc3cc(C4=NNC(=O)CC4)ccc32)cc1. The largest absolute Gasteiger partial charge is 0.491 e. The van der Waals surface area contributed by atoms with Crippen LogP contribution < -0.4 is 15.5 Å². The molecule has 1 aliphatic heterocycles. The maximum atomic E-state index is 11.4. The Hall–Kier alpha value is -3.31. The number of ether oxygens (including phenoxy) is 3. The molecule has 0 spiro atoms.